The van der Waals surface area contributed by atoms with Crippen molar-refractivity contribution in [3.05, 3.63) is 65.2 Å². The lowest BCUT2D eigenvalue weighted by Crippen LogP contribution is -2.48. The van der Waals surface area contributed by atoms with E-state index in [1.807, 2.05) is 13.0 Å². The standard InChI is InChI=1S/C21H22N4O5S/c1-13-4-3-5-15(12-13)19(28)22-16-8-6-14(7-9-16)20(29)24-25-21(31)23-17(26)10-11-18(27)30-2/h3-9,12H,10-11H2,1-2H3,(H,22,28)(H,24,29)(H2,23,25,26,31). The van der Waals surface area contributed by atoms with Crippen molar-refractivity contribution in [2.75, 3.05) is 12.4 Å². The van der Waals surface area contributed by atoms with Crippen molar-refractivity contribution in [1.29, 1.82) is 0 Å². The number of rotatable bonds is 6. The molecule has 162 valence electrons. The lowest BCUT2D eigenvalue weighted by Gasteiger charge is -2.11. The molecule has 0 aromatic heterocycles. The number of hydrogen-bond donors (Lipinski definition) is 4. The topological polar surface area (TPSA) is 126 Å². The summed E-state index contributed by atoms with van der Waals surface area (Å²) in [7, 11) is 1.23. The summed E-state index contributed by atoms with van der Waals surface area (Å²) >= 11 is 4.91. The fraction of sp³-hybridized carbons (Fsp3) is 0.190. The zero-order valence-electron chi connectivity index (χ0n) is 17.0. The zero-order valence-corrected chi connectivity index (χ0v) is 17.8. The van der Waals surface area contributed by atoms with E-state index in [0.717, 1.165) is 5.56 Å². The summed E-state index contributed by atoms with van der Waals surface area (Å²) in [6.07, 6.45) is -0.178. The molecule has 0 heterocycles. The van der Waals surface area contributed by atoms with Crippen molar-refractivity contribution in [2.24, 2.45) is 0 Å². The Bertz CT molecular complexity index is 992. The van der Waals surface area contributed by atoms with Gasteiger partial charge in [-0.05, 0) is 55.5 Å². The zero-order chi connectivity index (χ0) is 22.8. The first kappa shape index (κ1) is 23.5. The Kier molecular flexibility index (Phi) is 8.64. The number of anilines is 1. The van der Waals surface area contributed by atoms with Gasteiger partial charge in [0.05, 0.1) is 13.5 Å². The average Bonchev–Trinajstić information content (AvgIpc) is 2.76. The Hall–Kier alpha value is -3.79. The Morgan fingerprint density at radius 1 is 0.903 bits per heavy atom. The first-order valence-electron chi connectivity index (χ1n) is 9.23. The summed E-state index contributed by atoms with van der Waals surface area (Å²) in [5.74, 6) is -1.76. The van der Waals surface area contributed by atoms with Gasteiger partial charge >= 0.3 is 5.97 Å². The fourth-order valence-corrected chi connectivity index (χ4v) is 2.58. The number of carbonyl (C=O) groups is 4. The molecule has 0 aliphatic heterocycles. The van der Waals surface area contributed by atoms with Gasteiger partial charge in [0, 0.05) is 23.2 Å². The SMILES string of the molecule is COC(=O)CCC(=O)NC(=S)NNC(=O)c1ccc(NC(=O)c2cccc(C)c2)cc1. The molecule has 0 saturated carbocycles. The second-order valence-electron chi connectivity index (χ2n) is 6.43. The smallest absolute Gasteiger partial charge is 0.306 e. The molecule has 2 aromatic carbocycles. The molecule has 4 N–H and O–H groups in total. The van der Waals surface area contributed by atoms with Crippen LogP contribution in [0.4, 0.5) is 5.69 Å². The number of thiocarbonyl (C=S) groups is 1. The minimum absolute atomic E-state index is 0.0793. The molecule has 31 heavy (non-hydrogen) atoms. The maximum atomic E-state index is 12.3. The molecule has 0 saturated heterocycles. The van der Waals surface area contributed by atoms with Gasteiger partial charge in [0.1, 0.15) is 0 Å². The van der Waals surface area contributed by atoms with Crippen LogP contribution in [-0.4, -0.2) is 35.9 Å². The average molecular weight is 442 g/mol. The number of carbonyl (C=O) groups excluding carboxylic acids is 4. The van der Waals surface area contributed by atoms with E-state index in [0.29, 0.717) is 16.8 Å². The normalized spacial score (nSPS) is 9.87. The van der Waals surface area contributed by atoms with Crippen LogP contribution >= 0.6 is 12.2 Å². The van der Waals surface area contributed by atoms with E-state index < -0.39 is 17.8 Å². The van der Waals surface area contributed by atoms with Crippen LogP contribution in [-0.2, 0) is 14.3 Å². The van der Waals surface area contributed by atoms with Gasteiger partial charge in [-0.3, -0.25) is 30.0 Å². The van der Waals surface area contributed by atoms with Gasteiger partial charge in [-0.25, -0.2) is 0 Å². The van der Waals surface area contributed by atoms with Crippen molar-refractivity contribution in [1.82, 2.24) is 16.2 Å². The van der Waals surface area contributed by atoms with Gasteiger partial charge in [0.2, 0.25) is 5.91 Å². The van der Waals surface area contributed by atoms with Gasteiger partial charge in [0.15, 0.2) is 5.11 Å². The van der Waals surface area contributed by atoms with Crippen LogP contribution in [0.5, 0.6) is 0 Å². The van der Waals surface area contributed by atoms with Crippen LogP contribution in [0.15, 0.2) is 48.5 Å². The van der Waals surface area contributed by atoms with Crippen molar-refractivity contribution in [3.63, 3.8) is 0 Å². The van der Waals surface area contributed by atoms with Gasteiger partial charge < -0.3 is 15.4 Å². The number of hydrogen-bond acceptors (Lipinski definition) is 6. The summed E-state index contributed by atoms with van der Waals surface area (Å²) < 4.78 is 4.44. The van der Waals surface area contributed by atoms with Crippen molar-refractivity contribution in [3.8, 4) is 0 Å². The minimum Gasteiger partial charge on any atom is -0.469 e. The Balaban J connectivity index is 1.81. The summed E-state index contributed by atoms with van der Waals surface area (Å²) in [5.41, 5.74) is 7.10. The molecular formula is C21H22N4O5S. The molecule has 3 amide bonds. The first-order valence-corrected chi connectivity index (χ1v) is 9.64. The summed E-state index contributed by atoms with van der Waals surface area (Å²) in [5, 5.41) is 4.97. The molecule has 10 heteroatoms. The maximum Gasteiger partial charge on any atom is 0.306 e. The van der Waals surface area contributed by atoms with Crippen LogP contribution in [0.3, 0.4) is 0 Å². The van der Waals surface area contributed by atoms with Gasteiger partial charge in [-0.15, -0.1) is 0 Å². The third kappa shape index (κ3) is 7.86. The lowest BCUT2D eigenvalue weighted by molar-refractivity contribution is -0.142. The second kappa shape index (κ2) is 11.4. The predicted octanol–water partition coefficient (Wildman–Crippen LogP) is 1.84. The highest BCUT2D eigenvalue weighted by atomic mass is 32.1. The predicted molar refractivity (Wildman–Crippen MR) is 118 cm³/mol. The Morgan fingerprint density at radius 3 is 2.26 bits per heavy atom. The summed E-state index contributed by atoms with van der Waals surface area (Å²) in [6.45, 7) is 1.90. The number of nitrogens with one attached hydrogen (secondary N) is 4. The highest BCUT2D eigenvalue weighted by Gasteiger charge is 2.11. The van der Waals surface area contributed by atoms with E-state index in [1.165, 1.54) is 19.2 Å². The molecule has 0 radical (unpaired) electrons. The van der Waals surface area contributed by atoms with E-state index >= 15 is 0 Å². The number of methoxy groups -OCH3 is 1. The van der Waals surface area contributed by atoms with Crippen LogP contribution in [0.2, 0.25) is 0 Å². The second-order valence-corrected chi connectivity index (χ2v) is 6.84. The monoisotopic (exact) mass is 442 g/mol. The third-order valence-corrected chi connectivity index (χ3v) is 4.22. The molecule has 0 spiro atoms. The van der Waals surface area contributed by atoms with Crippen LogP contribution < -0.4 is 21.5 Å². The molecule has 0 aliphatic carbocycles. The number of esters is 1. The molecule has 9 nitrogen and oxygen atoms in total. The molecule has 2 rings (SSSR count). The summed E-state index contributed by atoms with van der Waals surface area (Å²) in [4.78, 5) is 47.1. The summed E-state index contributed by atoms with van der Waals surface area (Å²) in [6, 6.07) is 13.4. The van der Waals surface area contributed by atoms with Gasteiger partial charge in [0.25, 0.3) is 11.8 Å². The van der Waals surface area contributed by atoms with E-state index in [9.17, 15) is 19.2 Å². The number of hydrazine groups is 1. The molecule has 0 bridgehead atoms. The van der Waals surface area contributed by atoms with E-state index in [4.69, 9.17) is 12.2 Å². The lowest BCUT2D eigenvalue weighted by atomic mass is 10.1. The van der Waals surface area contributed by atoms with E-state index in [2.05, 4.69) is 26.2 Å². The quantitative estimate of drug-likeness (QED) is 0.306. The first-order chi connectivity index (χ1) is 14.8. The molecule has 0 atom stereocenters. The molecule has 0 fully saturated rings. The van der Waals surface area contributed by atoms with E-state index in [-0.39, 0.29) is 23.9 Å². The molecule has 0 unspecified atom stereocenters. The number of benzene rings is 2. The number of ether oxygens (including phenoxy) is 1. The largest absolute Gasteiger partial charge is 0.469 e. The maximum absolute atomic E-state index is 12.3. The molecule has 2 aromatic rings. The number of amides is 3. The van der Waals surface area contributed by atoms with Gasteiger partial charge in [-0.1, -0.05) is 17.7 Å². The van der Waals surface area contributed by atoms with Crippen LogP contribution in [0.1, 0.15) is 39.1 Å². The molecule has 0 aliphatic rings. The highest BCUT2D eigenvalue weighted by molar-refractivity contribution is 7.80. The molecular weight excluding hydrogens is 420 g/mol. The van der Waals surface area contributed by atoms with Crippen molar-refractivity contribution in [2.45, 2.75) is 19.8 Å². The highest BCUT2D eigenvalue weighted by Crippen LogP contribution is 2.12. The third-order valence-electron chi connectivity index (χ3n) is 4.01. The fourth-order valence-electron chi connectivity index (χ4n) is 2.42. The van der Waals surface area contributed by atoms with Gasteiger partial charge in [-0.2, -0.15) is 0 Å². The van der Waals surface area contributed by atoms with Crippen LogP contribution in [0.25, 0.3) is 0 Å². The number of aryl methyl sites for hydroxylation is 1. The van der Waals surface area contributed by atoms with E-state index in [1.54, 1.807) is 30.3 Å². The Morgan fingerprint density at radius 2 is 1.61 bits per heavy atom. The Labute approximate surface area is 184 Å². The van der Waals surface area contributed by atoms with Crippen molar-refractivity contribution < 1.29 is 23.9 Å². The van der Waals surface area contributed by atoms with Crippen molar-refractivity contribution >= 4 is 46.7 Å². The van der Waals surface area contributed by atoms with Crippen LogP contribution in [0, 0.1) is 6.92 Å². The minimum atomic E-state index is -0.513.